The molecule has 1 saturated heterocycles. The van der Waals surface area contributed by atoms with E-state index < -0.39 is 0 Å². The summed E-state index contributed by atoms with van der Waals surface area (Å²) in [6.45, 7) is 8.32. The van der Waals surface area contributed by atoms with Gasteiger partial charge < -0.3 is 10.2 Å². The lowest BCUT2D eigenvalue weighted by Gasteiger charge is -2.26. The third-order valence-corrected chi connectivity index (χ3v) is 2.92. The maximum atomic E-state index is 11.3. The largest absolute Gasteiger partial charge is 0.356 e. The minimum Gasteiger partial charge on any atom is -0.356 e. The molecule has 3 heteroatoms. The lowest BCUT2D eigenvalue weighted by Crippen LogP contribution is -2.34. The van der Waals surface area contributed by atoms with E-state index in [0.29, 0.717) is 0 Å². The maximum Gasteiger partial charge on any atom is 0.222 e. The molecule has 0 aromatic rings. The van der Waals surface area contributed by atoms with Crippen molar-refractivity contribution in [1.29, 1.82) is 0 Å². The Morgan fingerprint density at radius 2 is 1.93 bits per heavy atom. The van der Waals surface area contributed by atoms with E-state index >= 15 is 0 Å². The van der Waals surface area contributed by atoms with Gasteiger partial charge in [0.05, 0.1) is 0 Å². The van der Waals surface area contributed by atoms with Gasteiger partial charge >= 0.3 is 0 Å². The van der Waals surface area contributed by atoms with Crippen molar-refractivity contribution in [2.24, 2.45) is 5.92 Å². The second-order valence-corrected chi connectivity index (χ2v) is 4.70. The fraction of sp³-hybridized carbons (Fsp3) is 0.917. The maximum absolute atomic E-state index is 11.3. The molecule has 0 aromatic carbocycles. The van der Waals surface area contributed by atoms with Gasteiger partial charge in [-0.1, -0.05) is 20.3 Å². The Bertz CT molecular complexity index is 186. The third kappa shape index (κ3) is 5.17. The first-order valence-electron chi connectivity index (χ1n) is 6.20. The highest BCUT2D eigenvalue weighted by molar-refractivity contribution is 5.77. The Hall–Kier alpha value is -0.570. The number of nitrogens with zero attached hydrogens (tertiary/aromatic N) is 1. The topological polar surface area (TPSA) is 32.3 Å². The number of nitrogens with one attached hydrogen (secondary N) is 1. The van der Waals surface area contributed by atoms with Crippen molar-refractivity contribution >= 4 is 5.91 Å². The summed E-state index contributed by atoms with van der Waals surface area (Å²) in [6.07, 6.45) is 5.16. The van der Waals surface area contributed by atoms with E-state index in [-0.39, 0.29) is 11.8 Å². The van der Waals surface area contributed by atoms with Crippen LogP contribution in [0.4, 0.5) is 0 Å². The number of carbonyl (C=O) groups is 1. The summed E-state index contributed by atoms with van der Waals surface area (Å²) >= 11 is 0. The SMILES string of the molecule is CC(C)C(=O)NCCCN1CCCCC1. The Morgan fingerprint density at radius 3 is 2.53 bits per heavy atom. The van der Waals surface area contributed by atoms with E-state index in [1.807, 2.05) is 13.8 Å². The van der Waals surface area contributed by atoms with Crippen LogP contribution in [0.25, 0.3) is 0 Å². The molecule has 0 radical (unpaired) electrons. The molecule has 0 atom stereocenters. The van der Waals surface area contributed by atoms with Crippen molar-refractivity contribution in [1.82, 2.24) is 10.2 Å². The van der Waals surface area contributed by atoms with Gasteiger partial charge in [-0.2, -0.15) is 0 Å². The number of amides is 1. The third-order valence-electron chi connectivity index (χ3n) is 2.92. The fourth-order valence-corrected chi connectivity index (χ4v) is 1.90. The van der Waals surface area contributed by atoms with Gasteiger partial charge in [0.1, 0.15) is 0 Å². The summed E-state index contributed by atoms with van der Waals surface area (Å²) < 4.78 is 0. The highest BCUT2D eigenvalue weighted by atomic mass is 16.1. The van der Waals surface area contributed by atoms with Crippen LogP contribution in [0.5, 0.6) is 0 Å². The van der Waals surface area contributed by atoms with Gasteiger partial charge in [-0.05, 0) is 38.9 Å². The van der Waals surface area contributed by atoms with Gasteiger partial charge in [0.25, 0.3) is 0 Å². The standard InChI is InChI=1S/C12H24N2O/c1-11(2)12(15)13-7-6-10-14-8-4-3-5-9-14/h11H,3-10H2,1-2H3,(H,13,15). The molecule has 0 spiro atoms. The van der Waals surface area contributed by atoms with Gasteiger partial charge in [0.15, 0.2) is 0 Å². The number of piperidine rings is 1. The number of likely N-dealkylation sites (tertiary alicyclic amines) is 1. The van der Waals surface area contributed by atoms with E-state index in [0.717, 1.165) is 19.5 Å². The van der Waals surface area contributed by atoms with Crippen LogP contribution in [-0.2, 0) is 4.79 Å². The van der Waals surface area contributed by atoms with Crippen LogP contribution in [0.3, 0.4) is 0 Å². The van der Waals surface area contributed by atoms with Gasteiger partial charge in [-0.25, -0.2) is 0 Å². The molecule has 0 aromatic heterocycles. The molecule has 3 nitrogen and oxygen atoms in total. The van der Waals surface area contributed by atoms with E-state index in [4.69, 9.17) is 0 Å². The van der Waals surface area contributed by atoms with Crippen LogP contribution >= 0.6 is 0 Å². The summed E-state index contributed by atoms with van der Waals surface area (Å²) in [5.74, 6) is 0.286. The molecule has 1 N–H and O–H groups in total. The molecular formula is C12H24N2O. The summed E-state index contributed by atoms with van der Waals surface area (Å²) in [7, 11) is 0. The van der Waals surface area contributed by atoms with Crippen LogP contribution in [0.1, 0.15) is 39.5 Å². The zero-order valence-corrected chi connectivity index (χ0v) is 10.1. The molecule has 1 heterocycles. The van der Waals surface area contributed by atoms with Crippen molar-refractivity contribution in [2.45, 2.75) is 39.5 Å². The van der Waals surface area contributed by atoms with E-state index in [1.54, 1.807) is 0 Å². The van der Waals surface area contributed by atoms with E-state index in [9.17, 15) is 4.79 Å². The van der Waals surface area contributed by atoms with Gasteiger partial charge in [0, 0.05) is 12.5 Å². The predicted octanol–water partition coefficient (Wildman–Crippen LogP) is 1.63. The summed E-state index contributed by atoms with van der Waals surface area (Å²) in [4.78, 5) is 13.8. The fourth-order valence-electron chi connectivity index (χ4n) is 1.90. The average Bonchev–Trinajstić information content (AvgIpc) is 2.25. The smallest absolute Gasteiger partial charge is 0.222 e. The minimum absolute atomic E-state index is 0.111. The predicted molar refractivity (Wildman–Crippen MR) is 62.8 cm³/mol. The monoisotopic (exact) mass is 212 g/mol. The first-order valence-corrected chi connectivity index (χ1v) is 6.20. The van der Waals surface area contributed by atoms with Crippen molar-refractivity contribution < 1.29 is 4.79 Å². The molecular weight excluding hydrogens is 188 g/mol. The van der Waals surface area contributed by atoms with E-state index in [2.05, 4.69) is 10.2 Å². The van der Waals surface area contributed by atoms with Crippen LogP contribution in [0.15, 0.2) is 0 Å². The normalized spacial score (nSPS) is 18.1. The Labute approximate surface area is 93.2 Å². The quantitative estimate of drug-likeness (QED) is 0.703. The average molecular weight is 212 g/mol. The molecule has 1 rings (SSSR count). The number of rotatable bonds is 5. The summed E-state index contributed by atoms with van der Waals surface area (Å²) in [5.41, 5.74) is 0. The van der Waals surface area contributed by atoms with Crippen LogP contribution in [0, 0.1) is 5.92 Å². The Kier molecular flexibility index (Phi) is 5.69. The number of hydrogen-bond donors (Lipinski definition) is 1. The molecule has 0 unspecified atom stereocenters. The van der Waals surface area contributed by atoms with Crippen LogP contribution in [0.2, 0.25) is 0 Å². The molecule has 1 fully saturated rings. The Morgan fingerprint density at radius 1 is 1.27 bits per heavy atom. The Balaban J connectivity index is 1.98. The zero-order valence-electron chi connectivity index (χ0n) is 10.1. The molecule has 15 heavy (non-hydrogen) atoms. The van der Waals surface area contributed by atoms with E-state index in [1.165, 1.54) is 32.4 Å². The highest BCUT2D eigenvalue weighted by Gasteiger charge is 2.09. The molecule has 1 aliphatic rings. The molecule has 1 aliphatic heterocycles. The lowest BCUT2D eigenvalue weighted by molar-refractivity contribution is -0.123. The zero-order chi connectivity index (χ0) is 11.1. The van der Waals surface area contributed by atoms with Crippen molar-refractivity contribution in [2.75, 3.05) is 26.2 Å². The number of carbonyl (C=O) groups excluding carboxylic acids is 1. The summed E-state index contributed by atoms with van der Waals surface area (Å²) in [5, 5.41) is 2.96. The minimum atomic E-state index is 0.111. The van der Waals surface area contributed by atoms with Gasteiger partial charge in [-0.3, -0.25) is 4.79 Å². The molecule has 0 aliphatic carbocycles. The number of hydrogen-bond acceptors (Lipinski definition) is 2. The van der Waals surface area contributed by atoms with Crippen molar-refractivity contribution in [3.05, 3.63) is 0 Å². The van der Waals surface area contributed by atoms with Crippen LogP contribution in [-0.4, -0.2) is 37.0 Å². The van der Waals surface area contributed by atoms with Crippen molar-refractivity contribution in [3.8, 4) is 0 Å². The molecule has 0 bridgehead atoms. The molecule has 0 saturated carbocycles. The van der Waals surface area contributed by atoms with Crippen LogP contribution < -0.4 is 5.32 Å². The summed E-state index contributed by atoms with van der Waals surface area (Å²) in [6, 6.07) is 0. The second-order valence-electron chi connectivity index (χ2n) is 4.70. The van der Waals surface area contributed by atoms with Crippen molar-refractivity contribution in [3.63, 3.8) is 0 Å². The van der Waals surface area contributed by atoms with Gasteiger partial charge in [-0.15, -0.1) is 0 Å². The first kappa shape index (κ1) is 12.5. The molecule has 1 amide bonds. The second kappa shape index (κ2) is 6.83. The lowest BCUT2D eigenvalue weighted by atomic mass is 10.1. The highest BCUT2D eigenvalue weighted by Crippen LogP contribution is 2.08. The first-order chi connectivity index (χ1) is 7.20. The van der Waals surface area contributed by atoms with Gasteiger partial charge in [0.2, 0.25) is 5.91 Å². The molecule has 88 valence electrons.